The first-order chi connectivity index (χ1) is 16.0. The Kier molecular flexibility index (Phi) is 6.75. The lowest BCUT2D eigenvalue weighted by atomic mass is 10.2. The number of carbonyl (C=O) groups is 2. The van der Waals surface area contributed by atoms with Crippen LogP contribution in [0, 0.1) is 6.92 Å². The fourth-order valence-corrected chi connectivity index (χ4v) is 3.04. The van der Waals surface area contributed by atoms with Gasteiger partial charge in [0, 0.05) is 10.6 Å². The summed E-state index contributed by atoms with van der Waals surface area (Å²) in [5.41, 5.74) is 4.04. The minimum Gasteiger partial charge on any atom is -0.484 e. The molecule has 33 heavy (non-hydrogen) atoms. The molecule has 8 nitrogen and oxygen atoms in total. The Morgan fingerprint density at radius 1 is 1.09 bits per heavy atom. The number of benzene rings is 3. The van der Waals surface area contributed by atoms with Crippen LogP contribution >= 0.6 is 11.6 Å². The van der Waals surface area contributed by atoms with Crippen molar-refractivity contribution in [1.29, 1.82) is 0 Å². The van der Waals surface area contributed by atoms with E-state index in [1.54, 1.807) is 60.7 Å². The number of esters is 1. The monoisotopic (exact) mass is 466 g/mol. The summed E-state index contributed by atoms with van der Waals surface area (Å²) in [4.78, 5) is 24.6. The minimum absolute atomic E-state index is 0.114. The third-order valence-corrected chi connectivity index (χ3v) is 5.05. The van der Waals surface area contributed by atoms with E-state index in [1.807, 2.05) is 6.92 Å². The van der Waals surface area contributed by atoms with Crippen LogP contribution in [0.4, 0.5) is 0 Å². The lowest BCUT2D eigenvalue weighted by Gasteiger charge is -2.08. The molecule has 9 heteroatoms. The van der Waals surface area contributed by atoms with Crippen LogP contribution in [-0.2, 0) is 4.79 Å². The van der Waals surface area contributed by atoms with Crippen molar-refractivity contribution in [3.05, 3.63) is 82.4 Å². The first-order valence-electron chi connectivity index (χ1n) is 9.91. The second-order valence-corrected chi connectivity index (χ2v) is 7.40. The zero-order valence-electron chi connectivity index (χ0n) is 17.5. The highest BCUT2D eigenvalue weighted by atomic mass is 35.5. The SMILES string of the molecule is Cc1cc(OCC(=O)N/N=C\c2ccccc2OC(=O)c2ccc3c(c2)OCO3)ccc1Cl. The van der Waals surface area contributed by atoms with Gasteiger partial charge in [-0.15, -0.1) is 0 Å². The number of carbonyl (C=O) groups excluding carboxylic acids is 2. The summed E-state index contributed by atoms with van der Waals surface area (Å²) >= 11 is 5.98. The quantitative estimate of drug-likeness (QED) is 0.243. The van der Waals surface area contributed by atoms with Crippen molar-refractivity contribution in [3.8, 4) is 23.0 Å². The summed E-state index contributed by atoms with van der Waals surface area (Å²) in [5, 5.41) is 4.54. The van der Waals surface area contributed by atoms with Gasteiger partial charge in [-0.3, -0.25) is 4.79 Å². The van der Waals surface area contributed by atoms with Gasteiger partial charge in [0.05, 0.1) is 11.8 Å². The average Bonchev–Trinajstić information content (AvgIpc) is 3.29. The number of halogens is 1. The Morgan fingerprint density at radius 3 is 2.76 bits per heavy atom. The highest BCUT2D eigenvalue weighted by molar-refractivity contribution is 6.31. The number of hydrogen-bond donors (Lipinski definition) is 1. The smallest absolute Gasteiger partial charge is 0.343 e. The fourth-order valence-electron chi connectivity index (χ4n) is 2.92. The molecule has 0 fully saturated rings. The molecule has 1 N–H and O–H groups in total. The van der Waals surface area contributed by atoms with Gasteiger partial charge >= 0.3 is 5.97 Å². The van der Waals surface area contributed by atoms with Crippen LogP contribution in [0.3, 0.4) is 0 Å². The molecule has 0 unspecified atom stereocenters. The molecular formula is C24H19ClN2O6. The van der Waals surface area contributed by atoms with E-state index < -0.39 is 11.9 Å². The number of nitrogens with zero attached hydrogens (tertiary/aromatic N) is 1. The molecule has 0 aliphatic carbocycles. The molecular weight excluding hydrogens is 448 g/mol. The lowest BCUT2D eigenvalue weighted by molar-refractivity contribution is -0.123. The summed E-state index contributed by atoms with van der Waals surface area (Å²) in [7, 11) is 0. The number of fused-ring (bicyclic) bond motifs is 1. The van der Waals surface area contributed by atoms with Gasteiger partial charge < -0.3 is 18.9 Å². The van der Waals surface area contributed by atoms with E-state index in [-0.39, 0.29) is 19.1 Å². The average molecular weight is 467 g/mol. The number of aryl methyl sites for hydroxylation is 1. The largest absolute Gasteiger partial charge is 0.484 e. The van der Waals surface area contributed by atoms with Gasteiger partial charge in [0.1, 0.15) is 11.5 Å². The van der Waals surface area contributed by atoms with Crippen LogP contribution in [-0.4, -0.2) is 31.5 Å². The van der Waals surface area contributed by atoms with Gasteiger partial charge in [-0.2, -0.15) is 5.10 Å². The van der Waals surface area contributed by atoms with E-state index in [1.165, 1.54) is 6.21 Å². The number of hydrazone groups is 1. The van der Waals surface area contributed by atoms with Gasteiger partial charge in [-0.25, -0.2) is 10.2 Å². The molecule has 0 atom stereocenters. The molecule has 4 rings (SSSR count). The summed E-state index contributed by atoms with van der Waals surface area (Å²) in [6.07, 6.45) is 1.38. The molecule has 1 heterocycles. The predicted octanol–water partition coefficient (Wildman–Crippen LogP) is 4.13. The molecule has 1 amide bonds. The maximum atomic E-state index is 12.6. The molecule has 168 valence electrons. The van der Waals surface area contributed by atoms with Crippen LogP contribution in [0.25, 0.3) is 0 Å². The van der Waals surface area contributed by atoms with Gasteiger partial charge in [-0.1, -0.05) is 23.7 Å². The van der Waals surface area contributed by atoms with Crippen molar-refractivity contribution in [2.45, 2.75) is 6.92 Å². The van der Waals surface area contributed by atoms with Crippen molar-refractivity contribution >= 4 is 29.7 Å². The van der Waals surface area contributed by atoms with Crippen molar-refractivity contribution in [2.75, 3.05) is 13.4 Å². The van der Waals surface area contributed by atoms with Crippen molar-refractivity contribution in [2.24, 2.45) is 5.10 Å². The lowest BCUT2D eigenvalue weighted by Crippen LogP contribution is -2.24. The first kappa shape index (κ1) is 22.2. The highest BCUT2D eigenvalue weighted by Gasteiger charge is 2.18. The molecule has 0 aromatic heterocycles. The molecule has 0 radical (unpaired) electrons. The third kappa shape index (κ3) is 5.61. The Labute approximate surface area is 194 Å². The van der Waals surface area contributed by atoms with Crippen LogP contribution in [0.1, 0.15) is 21.5 Å². The van der Waals surface area contributed by atoms with Crippen LogP contribution in [0.5, 0.6) is 23.0 Å². The van der Waals surface area contributed by atoms with Crippen LogP contribution < -0.4 is 24.4 Å². The van der Waals surface area contributed by atoms with Crippen molar-refractivity contribution < 1.29 is 28.5 Å². The normalized spacial score (nSPS) is 11.9. The third-order valence-electron chi connectivity index (χ3n) is 4.62. The Hall–Kier alpha value is -4.04. The highest BCUT2D eigenvalue weighted by Crippen LogP contribution is 2.33. The number of hydrogen-bond acceptors (Lipinski definition) is 7. The maximum Gasteiger partial charge on any atom is 0.343 e. The number of ether oxygens (including phenoxy) is 4. The van der Waals surface area contributed by atoms with E-state index in [4.69, 9.17) is 30.5 Å². The topological polar surface area (TPSA) is 95.5 Å². The summed E-state index contributed by atoms with van der Waals surface area (Å²) in [5.74, 6) is 0.851. The zero-order chi connectivity index (χ0) is 23.2. The fraction of sp³-hybridized carbons (Fsp3) is 0.125. The molecule has 0 spiro atoms. The second-order valence-electron chi connectivity index (χ2n) is 6.99. The molecule has 1 aliphatic heterocycles. The van der Waals surface area contributed by atoms with E-state index in [2.05, 4.69) is 10.5 Å². The van der Waals surface area contributed by atoms with Gasteiger partial charge in [0.2, 0.25) is 6.79 Å². The number of para-hydroxylation sites is 1. The van der Waals surface area contributed by atoms with Crippen molar-refractivity contribution in [3.63, 3.8) is 0 Å². The van der Waals surface area contributed by atoms with Gasteiger partial charge in [-0.05, 0) is 61.0 Å². The van der Waals surface area contributed by atoms with Crippen LogP contribution in [0.15, 0.2) is 65.8 Å². The second kappa shape index (κ2) is 10.1. The van der Waals surface area contributed by atoms with E-state index in [0.717, 1.165) is 5.56 Å². The Morgan fingerprint density at radius 2 is 1.91 bits per heavy atom. The molecule has 0 saturated heterocycles. The minimum atomic E-state index is -0.565. The Bertz CT molecular complexity index is 1230. The summed E-state index contributed by atoms with van der Waals surface area (Å²) in [6, 6.07) is 16.7. The number of rotatable bonds is 7. The molecule has 3 aromatic rings. The number of nitrogens with one attached hydrogen (secondary N) is 1. The molecule has 1 aliphatic rings. The van der Waals surface area contributed by atoms with Gasteiger partial charge in [0.25, 0.3) is 5.91 Å². The summed E-state index contributed by atoms with van der Waals surface area (Å²) < 4.78 is 21.5. The summed E-state index contributed by atoms with van der Waals surface area (Å²) in [6.45, 7) is 1.73. The van der Waals surface area contributed by atoms with E-state index in [9.17, 15) is 9.59 Å². The molecule has 0 saturated carbocycles. The predicted molar refractivity (Wildman–Crippen MR) is 121 cm³/mol. The Balaban J connectivity index is 1.34. The first-order valence-corrected chi connectivity index (χ1v) is 10.3. The van der Waals surface area contributed by atoms with Gasteiger partial charge in [0.15, 0.2) is 18.1 Å². The molecule has 3 aromatic carbocycles. The van der Waals surface area contributed by atoms with Crippen LogP contribution in [0.2, 0.25) is 5.02 Å². The van der Waals surface area contributed by atoms with Crippen molar-refractivity contribution in [1.82, 2.24) is 5.43 Å². The standard InChI is InChI=1S/C24H19ClN2O6/c1-15-10-18(7-8-19(15)25)30-13-23(28)27-26-12-17-4-2-3-5-20(17)33-24(29)16-6-9-21-22(11-16)32-14-31-21/h2-12H,13-14H2,1H3,(H,27,28)/b26-12-. The van der Waals surface area contributed by atoms with E-state index >= 15 is 0 Å². The maximum absolute atomic E-state index is 12.6. The zero-order valence-corrected chi connectivity index (χ0v) is 18.3. The van der Waals surface area contributed by atoms with E-state index in [0.29, 0.717) is 33.4 Å². The molecule has 0 bridgehead atoms. The number of amides is 1.